The SMILES string of the molecule is COCC(=O)Nc1cccc(NC(=O)CC2C=CCC2)c1. The highest BCUT2D eigenvalue weighted by Gasteiger charge is 2.14. The van der Waals surface area contributed by atoms with E-state index in [4.69, 9.17) is 4.74 Å². The Morgan fingerprint density at radius 2 is 1.95 bits per heavy atom. The number of nitrogens with one attached hydrogen (secondary N) is 2. The maximum absolute atomic E-state index is 12.0. The first-order chi connectivity index (χ1) is 10.2. The van der Waals surface area contributed by atoms with Crippen molar-refractivity contribution in [2.45, 2.75) is 19.3 Å². The molecule has 0 heterocycles. The first-order valence-corrected chi connectivity index (χ1v) is 7.03. The summed E-state index contributed by atoms with van der Waals surface area (Å²) in [4.78, 5) is 23.4. The third-order valence-corrected chi connectivity index (χ3v) is 3.27. The maximum Gasteiger partial charge on any atom is 0.250 e. The smallest absolute Gasteiger partial charge is 0.250 e. The number of ether oxygens (including phenoxy) is 1. The summed E-state index contributed by atoms with van der Waals surface area (Å²) in [5, 5.41) is 5.56. The van der Waals surface area contributed by atoms with Crippen molar-refractivity contribution in [1.29, 1.82) is 0 Å². The Labute approximate surface area is 124 Å². The Hall–Kier alpha value is -2.14. The van der Waals surface area contributed by atoms with Crippen molar-refractivity contribution in [3.05, 3.63) is 36.4 Å². The molecule has 21 heavy (non-hydrogen) atoms. The van der Waals surface area contributed by atoms with Gasteiger partial charge in [-0.2, -0.15) is 0 Å². The van der Waals surface area contributed by atoms with Gasteiger partial charge in [-0.05, 0) is 37.0 Å². The van der Waals surface area contributed by atoms with Crippen LogP contribution in [-0.2, 0) is 14.3 Å². The average Bonchev–Trinajstić information content (AvgIpc) is 2.92. The fraction of sp³-hybridized carbons (Fsp3) is 0.375. The Bertz CT molecular complexity index is 540. The molecule has 1 aromatic carbocycles. The van der Waals surface area contributed by atoms with Crippen LogP contribution in [0.3, 0.4) is 0 Å². The molecule has 1 aromatic rings. The molecule has 0 saturated heterocycles. The van der Waals surface area contributed by atoms with Crippen LogP contribution in [-0.4, -0.2) is 25.5 Å². The van der Waals surface area contributed by atoms with Gasteiger partial charge < -0.3 is 15.4 Å². The minimum Gasteiger partial charge on any atom is -0.375 e. The fourth-order valence-electron chi connectivity index (χ4n) is 2.32. The zero-order chi connectivity index (χ0) is 15.1. The third kappa shape index (κ3) is 5.04. The topological polar surface area (TPSA) is 67.4 Å². The second-order valence-corrected chi connectivity index (χ2v) is 5.08. The highest BCUT2D eigenvalue weighted by molar-refractivity contribution is 5.94. The second-order valence-electron chi connectivity index (χ2n) is 5.08. The van der Waals surface area contributed by atoms with E-state index in [0.717, 1.165) is 12.8 Å². The summed E-state index contributed by atoms with van der Waals surface area (Å²) in [7, 11) is 1.47. The highest BCUT2D eigenvalue weighted by atomic mass is 16.5. The van der Waals surface area contributed by atoms with E-state index in [9.17, 15) is 9.59 Å². The van der Waals surface area contributed by atoms with Gasteiger partial charge in [-0.15, -0.1) is 0 Å². The van der Waals surface area contributed by atoms with Gasteiger partial charge in [0.15, 0.2) is 0 Å². The van der Waals surface area contributed by atoms with Crippen LogP contribution in [0.25, 0.3) is 0 Å². The van der Waals surface area contributed by atoms with Crippen molar-refractivity contribution in [2.75, 3.05) is 24.4 Å². The molecule has 0 aliphatic heterocycles. The summed E-state index contributed by atoms with van der Waals surface area (Å²) in [5.41, 5.74) is 1.31. The van der Waals surface area contributed by atoms with Crippen LogP contribution < -0.4 is 10.6 Å². The van der Waals surface area contributed by atoms with Gasteiger partial charge in [-0.25, -0.2) is 0 Å². The maximum atomic E-state index is 12.0. The standard InChI is InChI=1S/C16H20N2O3/c1-21-11-16(20)18-14-8-4-7-13(10-14)17-15(19)9-12-5-2-3-6-12/h2,4-5,7-8,10,12H,3,6,9,11H2,1H3,(H,17,19)(H,18,20). The summed E-state index contributed by atoms with van der Waals surface area (Å²) >= 11 is 0. The van der Waals surface area contributed by atoms with Gasteiger partial charge in [-0.3, -0.25) is 9.59 Å². The van der Waals surface area contributed by atoms with E-state index in [1.165, 1.54) is 7.11 Å². The summed E-state index contributed by atoms with van der Waals surface area (Å²) in [6.07, 6.45) is 6.81. The molecule has 2 rings (SSSR count). The molecule has 1 aliphatic rings. The molecule has 0 bridgehead atoms. The summed E-state index contributed by atoms with van der Waals surface area (Å²) in [6, 6.07) is 7.08. The lowest BCUT2D eigenvalue weighted by molar-refractivity contribution is -0.119. The summed E-state index contributed by atoms with van der Waals surface area (Å²) < 4.78 is 4.76. The zero-order valence-corrected chi connectivity index (χ0v) is 12.1. The molecular formula is C16H20N2O3. The van der Waals surface area contributed by atoms with Crippen molar-refractivity contribution >= 4 is 23.2 Å². The number of carbonyl (C=O) groups excluding carboxylic acids is 2. The molecule has 112 valence electrons. The normalized spacial score (nSPS) is 16.7. The van der Waals surface area contributed by atoms with Crippen molar-refractivity contribution in [3.8, 4) is 0 Å². The lowest BCUT2D eigenvalue weighted by Gasteiger charge is -2.10. The Morgan fingerprint density at radius 3 is 2.57 bits per heavy atom. The number of rotatable bonds is 6. The molecule has 5 nitrogen and oxygen atoms in total. The molecule has 0 radical (unpaired) electrons. The van der Waals surface area contributed by atoms with Gasteiger partial charge in [0.05, 0.1) is 0 Å². The molecule has 0 fully saturated rings. The van der Waals surface area contributed by atoms with E-state index in [-0.39, 0.29) is 18.4 Å². The number of benzene rings is 1. The number of methoxy groups -OCH3 is 1. The second kappa shape index (κ2) is 7.59. The van der Waals surface area contributed by atoms with Gasteiger partial charge in [0.2, 0.25) is 11.8 Å². The molecule has 5 heteroatoms. The highest BCUT2D eigenvalue weighted by Crippen LogP contribution is 2.21. The largest absolute Gasteiger partial charge is 0.375 e. The molecule has 1 aliphatic carbocycles. The molecule has 1 atom stereocenters. The van der Waals surface area contributed by atoms with Crippen LogP contribution >= 0.6 is 0 Å². The van der Waals surface area contributed by atoms with Crippen LogP contribution in [0.2, 0.25) is 0 Å². The minimum atomic E-state index is -0.225. The van der Waals surface area contributed by atoms with Crippen molar-refractivity contribution in [1.82, 2.24) is 0 Å². The monoisotopic (exact) mass is 288 g/mol. The predicted molar refractivity (Wildman–Crippen MR) is 82.1 cm³/mol. The molecule has 2 amide bonds. The Morgan fingerprint density at radius 1 is 1.24 bits per heavy atom. The van der Waals surface area contributed by atoms with E-state index in [1.54, 1.807) is 24.3 Å². The quantitative estimate of drug-likeness (QED) is 0.791. The lowest BCUT2D eigenvalue weighted by Crippen LogP contribution is -2.18. The molecular weight excluding hydrogens is 268 g/mol. The van der Waals surface area contributed by atoms with E-state index < -0.39 is 0 Å². The van der Waals surface area contributed by atoms with Gasteiger partial charge in [0, 0.05) is 24.9 Å². The third-order valence-electron chi connectivity index (χ3n) is 3.27. The fourth-order valence-corrected chi connectivity index (χ4v) is 2.32. The van der Waals surface area contributed by atoms with Crippen LogP contribution in [0.5, 0.6) is 0 Å². The number of hydrogen-bond acceptors (Lipinski definition) is 3. The zero-order valence-electron chi connectivity index (χ0n) is 12.1. The number of amides is 2. The van der Waals surface area contributed by atoms with Gasteiger partial charge >= 0.3 is 0 Å². The van der Waals surface area contributed by atoms with E-state index in [0.29, 0.717) is 23.7 Å². The molecule has 0 saturated carbocycles. The van der Waals surface area contributed by atoms with Gasteiger partial charge in [0.25, 0.3) is 0 Å². The molecule has 0 aromatic heterocycles. The van der Waals surface area contributed by atoms with Crippen molar-refractivity contribution in [2.24, 2.45) is 5.92 Å². The summed E-state index contributed by atoms with van der Waals surface area (Å²) in [5.74, 6) is 0.110. The van der Waals surface area contributed by atoms with Gasteiger partial charge in [-0.1, -0.05) is 18.2 Å². The van der Waals surface area contributed by atoms with Crippen LogP contribution in [0, 0.1) is 5.92 Å². The molecule has 0 spiro atoms. The summed E-state index contributed by atoms with van der Waals surface area (Å²) in [6.45, 7) is 0.00456. The number of hydrogen-bond donors (Lipinski definition) is 2. The first-order valence-electron chi connectivity index (χ1n) is 7.03. The first kappa shape index (κ1) is 15.3. The van der Waals surface area contributed by atoms with Gasteiger partial charge in [0.1, 0.15) is 6.61 Å². The van der Waals surface area contributed by atoms with Crippen LogP contribution in [0.1, 0.15) is 19.3 Å². The average molecular weight is 288 g/mol. The number of carbonyl (C=O) groups is 2. The van der Waals surface area contributed by atoms with Crippen molar-refractivity contribution < 1.29 is 14.3 Å². The van der Waals surface area contributed by atoms with Crippen molar-refractivity contribution in [3.63, 3.8) is 0 Å². The van der Waals surface area contributed by atoms with E-state index in [1.807, 2.05) is 0 Å². The Balaban J connectivity index is 1.89. The van der Waals surface area contributed by atoms with Crippen LogP contribution in [0.4, 0.5) is 11.4 Å². The number of anilines is 2. The van der Waals surface area contributed by atoms with E-state index in [2.05, 4.69) is 22.8 Å². The lowest BCUT2D eigenvalue weighted by atomic mass is 10.1. The number of allylic oxidation sites excluding steroid dienone is 2. The Kier molecular flexibility index (Phi) is 5.51. The van der Waals surface area contributed by atoms with Crippen LogP contribution in [0.15, 0.2) is 36.4 Å². The predicted octanol–water partition coefficient (Wildman–Crippen LogP) is 2.57. The molecule has 1 unspecified atom stereocenters. The minimum absolute atomic E-state index is 0.00456. The molecule has 2 N–H and O–H groups in total. The van der Waals surface area contributed by atoms with E-state index >= 15 is 0 Å².